The second-order valence-electron chi connectivity index (χ2n) is 5.15. The number of nitrogens with one attached hydrogen (secondary N) is 1. The highest BCUT2D eigenvalue weighted by Gasteiger charge is 2.32. The van der Waals surface area contributed by atoms with E-state index in [2.05, 4.69) is 17.4 Å². The van der Waals surface area contributed by atoms with Crippen LogP contribution in [0.15, 0.2) is 24.3 Å². The first-order valence-electron chi connectivity index (χ1n) is 6.40. The molecule has 0 radical (unpaired) electrons. The summed E-state index contributed by atoms with van der Waals surface area (Å²) in [7, 11) is 0. The van der Waals surface area contributed by atoms with E-state index in [0.29, 0.717) is 18.0 Å². The van der Waals surface area contributed by atoms with E-state index in [1.165, 1.54) is 24.8 Å². The van der Waals surface area contributed by atoms with Crippen molar-refractivity contribution in [3.05, 3.63) is 34.9 Å². The fourth-order valence-electron chi connectivity index (χ4n) is 2.79. The fraction of sp³-hybridized carbons (Fsp3) is 0.571. The first-order valence-corrected chi connectivity index (χ1v) is 6.78. The molecule has 3 rings (SSSR count). The number of ether oxygens (including phenoxy) is 1. The summed E-state index contributed by atoms with van der Waals surface area (Å²) >= 11 is 6.01. The maximum Gasteiger partial charge on any atom is 0.0620 e. The third kappa shape index (κ3) is 2.65. The molecule has 1 saturated carbocycles. The Hall–Kier alpha value is -0.570. The van der Waals surface area contributed by atoms with Crippen molar-refractivity contribution in [2.45, 2.75) is 37.3 Å². The molecule has 2 nitrogen and oxygen atoms in total. The van der Waals surface area contributed by atoms with E-state index in [4.69, 9.17) is 16.3 Å². The first-order chi connectivity index (χ1) is 8.31. The Morgan fingerprint density at radius 2 is 2.12 bits per heavy atom. The lowest BCUT2D eigenvalue weighted by Crippen LogP contribution is -2.45. The topological polar surface area (TPSA) is 21.3 Å². The number of halogens is 1. The Labute approximate surface area is 107 Å². The van der Waals surface area contributed by atoms with Crippen LogP contribution in [-0.4, -0.2) is 25.3 Å². The van der Waals surface area contributed by atoms with Crippen molar-refractivity contribution in [1.82, 2.24) is 5.32 Å². The van der Waals surface area contributed by atoms with Crippen LogP contribution >= 0.6 is 11.6 Å². The standard InChI is InChI=1S/C14H18ClNO/c15-12-3-1-2-10(6-12)11-7-14(8-11)16-13-4-5-17-9-13/h1-3,6,11,13-14,16H,4-5,7-9H2. The highest BCUT2D eigenvalue weighted by molar-refractivity contribution is 6.30. The zero-order valence-electron chi connectivity index (χ0n) is 9.86. The Bertz CT molecular complexity index is 384. The molecular formula is C14H18ClNO. The lowest BCUT2D eigenvalue weighted by Gasteiger charge is -2.38. The van der Waals surface area contributed by atoms with Gasteiger partial charge in [-0.05, 0) is 42.9 Å². The number of hydrogen-bond acceptors (Lipinski definition) is 2. The molecule has 1 aliphatic heterocycles. The van der Waals surface area contributed by atoms with Gasteiger partial charge in [-0.1, -0.05) is 23.7 Å². The average Bonchev–Trinajstić information content (AvgIpc) is 2.75. The molecule has 1 saturated heterocycles. The molecule has 1 N–H and O–H groups in total. The van der Waals surface area contributed by atoms with Crippen LogP contribution in [0, 0.1) is 0 Å². The monoisotopic (exact) mass is 251 g/mol. The van der Waals surface area contributed by atoms with E-state index in [0.717, 1.165) is 18.2 Å². The van der Waals surface area contributed by atoms with Crippen molar-refractivity contribution in [3.63, 3.8) is 0 Å². The van der Waals surface area contributed by atoms with Gasteiger partial charge >= 0.3 is 0 Å². The molecule has 0 bridgehead atoms. The van der Waals surface area contributed by atoms with Gasteiger partial charge in [0.15, 0.2) is 0 Å². The SMILES string of the molecule is Clc1cccc(C2CC(NC3CCOC3)C2)c1. The van der Waals surface area contributed by atoms with E-state index in [-0.39, 0.29) is 0 Å². The van der Waals surface area contributed by atoms with Crippen molar-refractivity contribution < 1.29 is 4.74 Å². The average molecular weight is 252 g/mol. The second-order valence-corrected chi connectivity index (χ2v) is 5.58. The molecule has 92 valence electrons. The van der Waals surface area contributed by atoms with Gasteiger partial charge in [-0.3, -0.25) is 0 Å². The van der Waals surface area contributed by atoms with Crippen LogP contribution in [0.2, 0.25) is 5.02 Å². The van der Waals surface area contributed by atoms with Gasteiger partial charge in [0, 0.05) is 23.7 Å². The summed E-state index contributed by atoms with van der Waals surface area (Å²) in [5.74, 6) is 0.688. The summed E-state index contributed by atoms with van der Waals surface area (Å²) in [4.78, 5) is 0. The van der Waals surface area contributed by atoms with Gasteiger partial charge < -0.3 is 10.1 Å². The zero-order chi connectivity index (χ0) is 11.7. The minimum absolute atomic E-state index is 0.584. The summed E-state index contributed by atoms with van der Waals surface area (Å²) in [6, 6.07) is 9.52. The van der Waals surface area contributed by atoms with Crippen molar-refractivity contribution in [2.75, 3.05) is 13.2 Å². The van der Waals surface area contributed by atoms with Gasteiger partial charge in [0.2, 0.25) is 0 Å². The summed E-state index contributed by atoms with van der Waals surface area (Å²) in [5, 5.41) is 4.52. The Balaban J connectivity index is 1.50. The van der Waals surface area contributed by atoms with E-state index < -0.39 is 0 Å². The summed E-state index contributed by atoms with van der Waals surface area (Å²) in [6.45, 7) is 1.81. The summed E-state index contributed by atoms with van der Waals surface area (Å²) < 4.78 is 5.37. The molecule has 0 spiro atoms. The van der Waals surface area contributed by atoms with E-state index in [9.17, 15) is 0 Å². The quantitative estimate of drug-likeness (QED) is 0.892. The number of rotatable bonds is 3. The van der Waals surface area contributed by atoms with Gasteiger partial charge in [-0.15, -0.1) is 0 Å². The Kier molecular flexibility index (Phi) is 3.37. The third-order valence-electron chi connectivity index (χ3n) is 3.86. The predicted molar refractivity (Wildman–Crippen MR) is 69.6 cm³/mol. The van der Waals surface area contributed by atoms with Crippen molar-refractivity contribution in [2.24, 2.45) is 0 Å². The molecule has 0 amide bonds. The number of benzene rings is 1. The van der Waals surface area contributed by atoms with E-state index >= 15 is 0 Å². The summed E-state index contributed by atoms with van der Waals surface area (Å²) in [6.07, 6.45) is 3.63. The van der Waals surface area contributed by atoms with Gasteiger partial charge in [-0.25, -0.2) is 0 Å². The Morgan fingerprint density at radius 3 is 2.82 bits per heavy atom. The van der Waals surface area contributed by atoms with Crippen molar-refractivity contribution in [1.29, 1.82) is 0 Å². The largest absolute Gasteiger partial charge is 0.380 e. The molecule has 1 atom stereocenters. The fourth-order valence-corrected chi connectivity index (χ4v) is 2.98. The molecule has 2 fully saturated rings. The molecule has 3 heteroatoms. The first kappa shape index (κ1) is 11.5. The van der Waals surface area contributed by atoms with Crippen LogP contribution < -0.4 is 5.32 Å². The van der Waals surface area contributed by atoms with Crippen LogP contribution in [0.1, 0.15) is 30.7 Å². The molecular weight excluding hydrogens is 234 g/mol. The minimum atomic E-state index is 0.584. The normalized spacial score (nSPS) is 32.4. The lowest BCUT2D eigenvalue weighted by molar-refractivity contribution is 0.180. The Morgan fingerprint density at radius 1 is 1.24 bits per heavy atom. The van der Waals surface area contributed by atoms with E-state index in [1.54, 1.807) is 0 Å². The van der Waals surface area contributed by atoms with Gasteiger partial charge in [0.25, 0.3) is 0 Å². The zero-order valence-corrected chi connectivity index (χ0v) is 10.6. The van der Waals surface area contributed by atoms with Gasteiger partial charge in [0.05, 0.1) is 6.61 Å². The van der Waals surface area contributed by atoms with Crippen LogP contribution in [0.4, 0.5) is 0 Å². The maximum absolute atomic E-state index is 6.01. The third-order valence-corrected chi connectivity index (χ3v) is 4.09. The van der Waals surface area contributed by atoms with Crippen LogP contribution in [0.3, 0.4) is 0 Å². The summed E-state index contributed by atoms with van der Waals surface area (Å²) in [5.41, 5.74) is 1.39. The minimum Gasteiger partial charge on any atom is -0.380 e. The van der Waals surface area contributed by atoms with Crippen LogP contribution in [0.5, 0.6) is 0 Å². The number of hydrogen-bond donors (Lipinski definition) is 1. The van der Waals surface area contributed by atoms with Crippen molar-refractivity contribution in [3.8, 4) is 0 Å². The van der Waals surface area contributed by atoms with Crippen molar-refractivity contribution >= 4 is 11.6 Å². The molecule has 17 heavy (non-hydrogen) atoms. The second kappa shape index (κ2) is 4.97. The molecule has 1 heterocycles. The highest BCUT2D eigenvalue weighted by Crippen LogP contribution is 2.38. The lowest BCUT2D eigenvalue weighted by atomic mass is 9.75. The highest BCUT2D eigenvalue weighted by atomic mass is 35.5. The molecule has 1 aromatic carbocycles. The molecule has 1 unspecified atom stereocenters. The molecule has 2 aliphatic rings. The van der Waals surface area contributed by atoms with Gasteiger partial charge in [-0.2, -0.15) is 0 Å². The smallest absolute Gasteiger partial charge is 0.0620 e. The predicted octanol–water partition coefficient (Wildman–Crippen LogP) is 2.96. The van der Waals surface area contributed by atoms with Crippen LogP contribution in [0.25, 0.3) is 0 Å². The molecule has 0 aromatic heterocycles. The molecule has 1 aliphatic carbocycles. The van der Waals surface area contributed by atoms with E-state index in [1.807, 2.05) is 12.1 Å². The van der Waals surface area contributed by atoms with Gasteiger partial charge in [0.1, 0.15) is 0 Å². The molecule has 1 aromatic rings. The van der Waals surface area contributed by atoms with Crippen LogP contribution in [-0.2, 0) is 4.74 Å². The maximum atomic E-state index is 6.01.